The number of carbonyl (C=O) groups excluding carboxylic acids is 1. The summed E-state index contributed by atoms with van der Waals surface area (Å²) in [6.07, 6.45) is 0.848. The monoisotopic (exact) mass is 264 g/mol. The van der Waals surface area contributed by atoms with Gasteiger partial charge in [0.25, 0.3) is 5.91 Å². The topological polar surface area (TPSA) is 41.6 Å². The number of methoxy groups -OCH3 is 1. The van der Waals surface area contributed by atoms with E-state index in [2.05, 4.69) is 5.32 Å². The normalized spacial score (nSPS) is 10.3. The number of carbonyl (C=O) groups is 1. The minimum Gasteiger partial charge on any atom is -0.385 e. The maximum atomic E-state index is 12.4. The molecule has 0 spiro atoms. The van der Waals surface area contributed by atoms with Crippen LogP contribution in [-0.4, -0.2) is 44.7 Å². The third-order valence-electron chi connectivity index (χ3n) is 2.96. The molecule has 0 unspecified atom stereocenters. The summed E-state index contributed by atoms with van der Waals surface area (Å²) < 4.78 is 5.01. The Morgan fingerprint density at radius 2 is 2.16 bits per heavy atom. The SMILES string of the molecule is CCNc1ccc(C)cc1C(=O)N(C)CCCOC. The van der Waals surface area contributed by atoms with Crippen molar-refractivity contribution in [1.29, 1.82) is 0 Å². The Morgan fingerprint density at radius 3 is 2.79 bits per heavy atom. The first kappa shape index (κ1) is 15.5. The van der Waals surface area contributed by atoms with Crippen LogP contribution in [0.1, 0.15) is 29.3 Å². The Bertz CT molecular complexity index is 419. The van der Waals surface area contributed by atoms with Crippen molar-refractivity contribution in [1.82, 2.24) is 4.90 Å². The maximum Gasteiger partial charge on any atom is 0.255 e. The first-order valence-corrected chi connectivity index (χ1v) is 6.69. The highest BCUT2D eigenvalue weighted by atomic mass is 16.5. The van der Waals surface area contributed by atoms with Crippen LogP contribution in [0.5, 0.6) is 0 Å². The van der Waals surface area contributed by atoms with Gasteiger partial charge in [-0.05, 0) is 32.4 Å². The fourth-order valence-electron chi connectivity index (χ4n) is 1.93. The van der Waals surface area contributed by atoms with Gasteiger partial charge in [-0.25, -0.2) is 0 Å². The minimum atomic E-state index is 0.0516. The van der Waals surface area contributed by atoms with Crippen LogP contribution in [0.15, 0.2) is 18.2 Å². The lowest BCUT2D eigenvalue weighted by atomic mass is 10.1. The van der Waals surface area contributed by atoms with Gasteiger partial charge in [-0.1, -0.05) is 11.6 Å². The van der Waals surface area contributed by atoms with Crippen LogP contribution in [0.4, 0.5) is 5.69 Å². The molecule has 0 bridgehead atoms. The van der Waals surface area contributed by atoms with E-state index in [9.17, 15) is 4.79 Å². The molecular weight excluding hydrogens is 240 g/mol. The second kappa shape index (κ2) is 7.79. The van der Waals surface area contributed by atoms with Gasteiger partial charge < -0.3 is 15.0 Å². The number of hydrogen-bond acceptors (Lipinski definition) is 3. The first-order valence-electron chi connectivity index (χ1n) is 6.69. The number of hydrogen-bond donors (Lipinski definition) is 1. The molecule has 0 atom stereocenters. The molecule has 0 saturated carbocycles. The van der Waals surface area contributed by atoms with Crippen molar-refractivity contribution >= 4 is 11.6 Å². The molecule has 1 aromatic carbocycles. The van der Waals surface area contributed by atoms with Crippen molar-refractivity contribution in [2.45, 2.75) is 20.3 Å². The molecule has 0 aliphatic rings. The highest BCUT2D eigenvalue weighted by Crippen LogP contribution is 2.19. The molecule has 1 N–H and O–H groups in total. The lowest BCUT2D eigenvalue weighted by Crippen LogP contribution is -2.29. The van der Waals surface area contributed by atoms with Gasteiger partial charge in [0.1, 0.15) is 0 Å². The molecule has 4 heteroatoms. The summed E-state index contributed by atoms with van der Waals surface area (Å²) in [4.78, 5) is 14.2. The van der Waals surface area contributed by atoms with Crippen LogP contribution in [0.3, 0.4) is 0 Å². The molecule has 19 heavy (non-hydrogen) atoms. The molecule has 0 fully saturated rings. The Labute approximate surface area is 115 Å². The molecule has 1 aromatic rings. The van der Waals surface area contributed by atoms with E-state index in [0.29, 0.717) is 13.2 Å². The summed E-state index contributed by atoms with van der Waals surface area (Å²) in [5.41, 5.74) is 2.73. The largest absolute Gasteiger partial charge is 0.385 e. The zero-order valence-electron chi connectivity index (χ0n) is 12.3. The standard InChI is InChI=1S/C15H24N2O2/c1-5-16-14-8-7-12(2)11-13(14)15(18)17(3)9-6-10-19-4/h7-8,11,16H,5-6,9-10H2,1-4H3. The number of aryl methyl sites for hydroxylation is 1. The van der Waals surface area contributed by atoms with Gasteiger partial charge in [-0.3, -0.25) is 4.79 Å². The van der Waals surface area contributed by atoms with Crippen molar-refractivity contribution in [3.05, 3.63) is 29.3 Å². The second-order valence-electron chi connectivity index (χ2n) is 4.65. The zero-order chi connectivity index (χ0) is 14.3. The van der Waals surface area contributed by atoms with Crippen molar-refractivity contribution in [2.75, 3.05) is 39.2 Å². The number of nitrogens with zero attached hydrogens (tertiary/aromatic N) is 1. The molecule has 0 aliphatic carbocycles. The van der Waals surface area contributed by atoms with Gasteiger partial charge in [0.05, 0.1) is 5.56 Å². The average molecular weight is 264 g/mol. The van der Waals surface area contributed by atoms with Crippen LogP contribution < -0.4 is 5.32 Å². The van der Waals surface area contributed by atoms with Gasteiger partial charge in [0.15, 0.2) is 0 Å². The van der Waals surface area contributed by atoms with E-state index in [-0.39, 0.29) is 5.91 Å². The fraction of sp³-hybridized carbons (Fsp3) is 0.533. The second-order valence-corrected chi connectivity index (χ2v) is 4.65. The number of rotatable bonds is 7. The fourth-order valence-corrected chi connectivity index (χ4v) is 1.93. The quantitative estimate of drug-likeness (QED) is 0.769. The molecule has 0 aliphatic heterocycles. The number of amides is 1. The van der Waals surface area contributed by atoms with Crippen LogP contribution in [0.25, 0.3) is 0 Å². The van der Waals surface area contributed by atoms with Crippen LogP contribution in [-0.2, 0) is 4.74 Å². The van der Waals surface area contributed by atoms with Crippen LogP contribution in [0, 0.1) is 6.92 Å². The summed E-state index contributed by atoms with van der Waals surface area (Å²) in [6, 6.07) is 5.92. The maximum absolute atomic E-state index is 12.4. The summed E-state index contributed by atoms with van der Waals surface area (Å²) in [6.45, 7) is 6.20. The van der Waals surface area contributed by atoms with E-state index in [0.717, 1.165) is 29.8 Å². The van der Waals surface area contributed by atoms with Crippen LogP contribution >= 0.6 is 0 Å². The van der Waals surface area contributed by atoms with Gasteiger partial charge >= 0.3 is 0 Å². The molecule has 0 radical (unpaired) electrons. The molecule has 1 rings (SSSR count). The van der Waals surface area contributed by atoms with Gasteiger partial charge in [-0.2, -0.15) is 0 Å². The Hall–Kier alpha value is -1.55. The number of benzene rings is 1. The van der Waals surface area contributed by atoms with Crippen LogP contribution in [0.2, 0.25) is 0 Å². The van der Waals surface area contributed by atoms with Crippen molar-refractivity contribution in [3.8, 4) is 0 Å². The lowest BCUT2D eigenvalue weighted by molar-refractivity contribution is 0.0780. The minimum absolute atomic E-state index is 0.0516. The van der Waals surface area contributed by atoms with E-state index < -0.39 is 0 Å². The predicted molar refractivity (Wildman–Crippen MR) is 78.8 cm³/mol. The molecule has 1 amide bonds. The summed E-state index contributed by atoms with van der Waals surface area (Å²) in [5, 5.41) is 3.23. The van der Waals surface area contributed by atoms with E-state index in [1.54, 1.807) is 12.0 Å². The number of anilines is 1. The zero-order valence-corrected chi connectivity index (χ0v) is 12.3. The van der Waals surface area contributed by atoms with E-state index >= 15 is 0 Å². The van der Waals surface area contributed by atoms with E-state index in [1.807, 2.05) is 39.1 Å². The summed E-state index contributed by atoms with van der Waals surface area (Å²) in [7, 11) is 3.50. The number of ether oxygens (including phenoxy) is 1. The van der Waals surface area contributed by atoms with Gasteiger partial charge in [-0.15, -0.1) is 0 Å². The van der Waals surface area contributed by atoms with E-state index in [4.69, 9.17) is 4.74 Å². The molecule has 0 saturated heterocycles. The lowest BCUT2D eigenvalue weighted by Gasteiger charge is -2.19. The molecule has 4 nitrogen and oxygen atoms in total. The highest BCUT2D eigenvalue weighted by molar-refractivity contribution is 5.99. The van der Waals surface area contributed by atoms with Gasteiger partial charge in [0, 0.05) is 39.5 Å². The molecule has 0 aromatic heterocycles. The van der Waals surface area contributed by atoms with E-state index in [1.165, 1.54) is 0 Å². The van der Waals surface area contributed by atoms with Crippen molar-refractivity contribution < 1.29 is 9.53 Å². The molecular formula is C15H24N2O2. The number of nitrogens with one attached hydrogen (secondary N) is 1. The Balaban J connectivity index is 2.81. The predicted octanol–water partition coefficient (Wildman–Crippen LogP) is 2.54. The first-order chi connectivity index (χ1) is 9.10. The van der Waals surface area contributed by atoms with Crippen molar-refractivity contribution in [3.63, 3.8) is 0 Å². The Morgan fingerprint density at radius 1 is 1.42 bits per heavy atom. The average Bonchev–Trinajstić information content (AvgIpc) is 2.40. The third-order valence-corrected chi connectivity index (χ3v) is 2.96. The van der Waals surface area contributed by atoms with Gasteiger partial charge in [0.2, 0.25) is 0 Å². The van der Waals surface area contributed by atoms with Crippen molar-refractivity contribution in [2.24, 2.45) is 0 Å². The summed E-state index contributed by atoms with van der Waals surface area (Å²) in [5.74, 6) is 0.0516. The molecule has 106 valence electrons. The summed E-state index contributed by atoms with van der Waals surface area (Å²) >= 11 is 0. The third kappa shape index (κ3) is 4.56. The Kier molecular flexibility index (Phi) is 6.36. The smallest absolute Gasteiger partial charge is 0.255 e. The highest BCUT2D eigenvalue weighted by Gasteiger charge is 2.15. The molecule has 0 heterocycles.